The van der Waals surface area contributed by atoms with E-state index in [1.165, 1.54) is 32.2 Å². The van der Waals surface area contributed by atoms with Crippen LogP contribution in [0.2, 0.25) is 0 Å². The Hall–Kier alpha value is -0.410. The zero-order valence-corrected chi connectivity index (χ0v) is 11.0. The van der Waals surface area contributed by atoms with E-state index < -0.39 is 0 Å². The molecule has 1 rings (SSSR count). The second-order valence-electron chi connectivity index (χ2n) is 5.25. The fourth-order valence-corrected chi connectivity index (χ4v) is 2.51. The summed E-state index contributed by atoms with van der Waals surface area (Å²) in [5, 5.41) is 0. The predicted octanol–water partition coefficient (Wildman–Crippen LogP) is 1.77. The molecule has 3 nitrogen and oxygen atoms in total. The Morgan fingerprint density at radius 2 is 2.12 bits per heavy atom. The summed E-state index contributed by atoms with van der Waals surface area (Å²) in [5.41, 5.74) is 0. The van der Waals surface area contributed by atoms with Gasteiger partial charge in [0.15, 0.2) is 0 Å². The number of piperidine rings is 1. The van der Waals surface area contributed by atoms with Crippen LogP contribution in [0, 0.1) is 0 Å². The Kier molecular flexibility index (Phi) is 5.99. The van der Waals surface area contributed by atoms with Gasteiger partial charge in [-0.05, 0) is 59.9 Å². The van der Waals surface area contributed by atoms with Gasteiger partial charge in [0.05, 0.1) is 0 Å². The van der Waals surface area contributed by atoms with Gasteiger partial charge in [0, 0.05) is 12.5 Å². The normalized spacial score (nSPS) is 22.6. The average Bonchev–Trinajstić information content (AvgIpc) is 2.19. The number of hydrogen-bond donors (Lipinski definition) is 0. The van der Waals surface area contributed by atoms with E-state index in [2.05, 4.69) is 23.9 Å². The van der Waals surface area contributed by atoms with Crippen LogP contribution in [-0.2, 0) is 4.79 Å². The second kappa shape index (κ2) is 7.02. The summed E-state index contributed by atoms with van der Waals surface area (Å²) < 4.78 is 0. The lowest BCUT2D eigenvalue weighted by Gasteiger charge is -2.35. The Bertz CT molecular complexity index is 216. The molecule has 0 amide bonds. The standard InChI is InChI=1S/C13H26N2O/c1-12(16)11-13-7-4-5-9-15(13)10-6-8-14(2)3/h13H,4-11H2,1-3H3. The number of ketones is 1. The average molecular weight is 226 g/mol. The molecule has 0 aromatic heterocycles. The van der Waals surface area contributed by atoms with Crippen molar-refractivity contribution >= 4 is 5.78 Å². The van der Waals surface area contributed by atoms with Crippen LogP contribution in [0.15, 0.2) is 0 Å². The third-order valence-electron chi connectivity index (χ3n) is 3.32. The van der Waals surface area contributed by atoms with E-state index in [-0.39, 0.29) is 0 Å². The zero-order chi connectivity index (χ0) is 12.0. The zero-order valence-electron chi connectivity index (χ0n) is 11.0. The van der Waals surface area contributed by atoms with Crippen LogP contribution >= 0.6 is 0 Å². The molecule has 0 bridgehead atoms. The van der Waals surface area contributed by atoms with E-state index in [4.69, 9.17) is 0 Å². The highest BCUT2D eigenvalue weighted by atomic mass is 16.1. The molecule has 0 saturated carbocycles. The Morgan fingerprint density at radius 3 is 2.75 bits per heavy atom. The third kappa shape index (κ3) is 5.08. The van der Waals surface area contributed by atoms with Crippen LogP contribution in [-0.4, -0.2) is 55.4 Å². The Labute approximate surface area is 99.8 Å². The Balaban J connectivity index is 2.31. The van der Waals surface area contributed by atoms with Crippen molar-refractivity contribution in [3.63, 3.8) is 0 Å². The lowest BCUT2D eigenvalue weighted by atomic mass is 9.97. The van der Waals surface area contributed by atoms with E-state index in [0.29, 0.717) is 11.8 Å². The first-order chi connectivity index (χ1) is 7.59. The minimum Gasteiger partial charge on any atom is -0.309 e. The monoisotopic (exact) mass is 226 g/mol. The van der Waals surface area contributed by atoms with Gasteiger partial charge in [0.2, 0.25) is 0 Å². The minimum atomic E-state index is 0.338. The van der Waals surface area contributed by atoms with Crippen molar-refractivity contribution < 1.29 is 4.79 Å². The first-order valence-electron chi connectivity index (χ1n) is 6.48. The first-order valence-corrected chi connectivity index (χ1v) is 6.48. The van der Waals surface area contributed by atoms with Gasteiger partial charge in [-0.3, -0.25) is 9.69 Å². The van der Waals surface area contributed by atoms with Crippen LogP contribution in [0.25, 0.3) is 0 Å². The summed E-state index contributed by atoms with van der Waals surface area (Å²) >= 11 is 0. The van der Waals surface area contributed by atoms with E-state index in [1.807, 2.05) is 0 Å². The summed E-state index contributed by atoms with van der Waals surface area (Å²) in [6, 6.07) is 0.522. The summed E-state index contributed by atoms with van der Waals surface area (Å²) in [6.45, 7) is 5.19. The molecule has 1 atom stereocenters. The van der Waals surface area contributed by atoms with Crippen LogP contribution in [0.3, 0.4) is 0 Å². The number of nitrogens with zero attached hydrogens (tertiary/aromatic N) is 2. The number of carbonyl (C=O) groups is 1. The molecule has 1 saturated heterocycles. The number of carbonyl (C=O) groups excluding carboxylic acids is 1. The number of likely N-dealkylation sites (tertiary alicyclic amines) is 1. The van der Waals surface area contributed by atoms with Gasteiger partial charge in [-0.2, -0.15) is 0 Å². The van der Waals surface area contributed by atoms with Crippen molar-refractivity contribution in [2.75, 3.05) is 33.7 Å². The summed E-state index contributed by atoms with van der Waals surface area (Å²) in [5.74, 6) is 0.338. The van der Waals surface area contributed by atoms with Crippen molar-refractivity contribution in [2.45, 2.75) is 45.1 Å². The molecule has 3 heteroatoms. The summed E-state index contributed by atoms with van der Waals surface area (Å²) in [6.07, 6.45) is 5.77. The third-order valence-corrected chi connectivity index (χ3v) is 3.32. The van der Waals surface area contributed by atoms with Crippen molar-refractivity contribution in [3.05, 3.63) is 0 Å². The highest BCUT2D eigenvalue weighted by molar-refractivity contribution is 5.76. The molecule has 94 valence electrons. The molecule has 0 spiro atoms. The molecule has 0 aromatic rings. The first kappa shape index (κ1) is 13.7. The molecule has 0 radical (unpaired) electrons. The topological polar surface area (TPSA) is 23.6 Å². The maximum Gasteiger partial charge on any atom is 0.131 e. The molecule has 1 unspecified atom stereocenters. The molecule has 0 aliphatic carbocycles. The number of Topliss-reactive ketones (excluding diaryl/α,β-unsaturated/α-hetero) is 1. The van der Waals surface area contributed by atoms with E-state index >= 15 is 0 Å². The molecule has 1 fully saturated rings. The molecule has 0 aromatic carbocycles. The highest BCUT2D eigenvalue weighted by Crippen LogP contribution is 2.19. The van der Waals surface area contributed by atoms with E-state index in [1.54, 1.807) is 6.92 Å². The molecule has 1 aliphatic rings. The summed E-state index contributed by atoms with van der Waals surface area (Å²) in [4.78, 5) is 16.0. The van der Waals surface area contributed by atoms with Gasteiger partial charge in [-0.1, -0.05) is 6.42 Å². The number of hydrogen-bond acceptors (Lipinski definition) is 3. The molecule has 0 N–H and O–H groups in total. The van der Waals surface area contributed by atoms with Gasteiger partial charge in [0.25, 0.3) is 0 Å². The maximum absolute atomic E-state index is 11.2. The molecule has 16 heavy (non-hydrogen) atoms. The summed E-state index contributed by atoms with van der Waals surface area (Å²) in [7, 11) is 4.23. The van der Waals surface area contributed by atoms with Crippen LogP contribution in [0.4, 0.5) is 0 Å². The van der Waals surface area contributed by atoms with Crippen molar-refractivity contribution in [1.29, 1.82) is 0 Å². The van der Waals surface area contributed by atoms with Crippen LogP contribution in [0.1, 0.15) is 39.0 Å². The highest BCUT2D eigenvalue weighted by Gasteiger charge is 2.22. The molecular formula is C13H26N2O. The maximum atomic E-state index is 11.2. The van der Waals surface area contributed by atoms with Gasteiger partial charge in [-0.25, -0.2) is 0 Å². The SMILES string of the molecule is CC(=O)CC1CCCCN1CCCN(C)C. The van der Waals surface area contributed by atoms with E-state index in [0.717, 1.165) is 19.5 Å². The largest absolute Gasteiger partial charge is 0.309 e. The van der Waals surface area contributed by atoms with Gasteiger partial charge in [-0.15, -0.1) is 0 Å². The van der Waals surface area contributed by atoms with Gasteiger partial charge in [0.1, 0.15) is 5.78 Å². The smallest absolute Gasteiger partial charge is 0.131 e. The van der Waals surface area contributed by atoms with Crippen molar-refractivity contribution in [3.8, 4) is 0 Å². The lowest BCUT2D eigenvalue weighted by Crippen LogP contribution is -2.41. The van der Waals surface area contributed by atoms with Crippen LogP contribution in [0.5, 0.6) is 0 Å². The molecular weight excluding hydrogens is 200 g/mol. The Morgan fingerprint density at radius 1 is 1.38 bits per heavy atom. The number of rotatable bonds is 6. The molecule has 1 aliphatic heterocycles. The van der Waals surface area contributed by atoms with Crippen molar-refractivity contribution in [2.24, 2.45) is 0 Å². The lowest BCUT2D eigenvalue weighted by molar-refractivity contribution is -0.118. The van der Waals surface area contributed by atoms with Crippen molar-refractivity contribution in [1.82, 2.24) is 9.80 Å². The fraction of sp³-hybridized carbons (Fsp3) is 0.923. The van der Waals surface area contributed by atoms with Gasteiger partial charge < -0.3 is 4.90 Å². The fourth-order valence-electron chi connectivity index (χ4n) is 2.51. The quantitative estimate of drug-likeness (QED) is 0.689. The minimum absolute atomic E-state index is 0.338. The van der Waals surface area contributed by atoms with E-state index in [9.17, 15) is 4.79 Å². The predicted molar refractivity (Wildman–Crippen MR) is 67.7 cm³/mol. The molecule has 1 heterocycles. The van der Waals surface area contributed by atoms with Crippen LogP contribution < -0.4 is 0 Å². The second-order valence-corrected chi connectivity index (χ2v) is 5.25. The van der Waals surface area contributed by atoms with Gasteiger partial charge >= 0.3 is 0 Å².